The minimum atomic E-state index is -1.32. The Morgan fingerprint density at radius 1 is 0.958 bits per heavy atom. The van der Waals surface area contributed by atoms with Crippen LogP contribution in [-0.2, 0) is 28.6 Å². The topological polar surface area (TPSA) is 203 Å². The Kier molecular flexibility index (Phi) is 15.1. The Bertz CT molecular complexity index is 2510. The molecule has 18 nitrogen and oxygen atoms in total. The smallest absolute Gasteiger partial charge is 0.410 e. The number of ether oxygens (including phenoxy) is 5. The summed E-state index contributed by atoms with van der Waals surface area (Å²) in [5.74, 6) is -0.0546. The predicted octanol–water partition coefficient (Wildman–Crippen LogP) is 7.29. The molecule has 2 saturated heterocycles. The highest BCUT2D eigenvalue weighted by molar-refractivity contribution is 7.14. The number of methoxy groups -OCH3 is 1. The molecule has 0 bridgehead atoms. The Labute approximate surface area is 424 Å². The first kappa shape index (κ1) is 51.9. The highest BCUT2D eigenvalue weighted by atomic mass is 35.5. The first-order valence-corrected chi connectivity index (χ1v) is 26.0. The summed E-state index contributed by atoms with van der Waals surface area (Å²) in [5.41, 5.74) is -1.24. The van der Waals surface area contributed by atoms with Gasteiger partial charge in [-0.15, -0.1) is 17.9 Å². The fraction of sp³-hybridized carbons (Fsp3) is 0.627. The average molecular weight is 1020 g/mol. The van der Waals surface area contributed by atoms with E-state index >= 15 is 0 Å². The molecule has 2 aliphatic heterocycles. The number of hydrogen-bond acceptors (Lipinski definition) is 15. The SMILES string of the molecule is C=C[C@@H]1CC1(NC(=O)[C@@H]1C[C@@H](Oc2cc(-c3csc(NC(C)C)n3)nc3c(Cl)c(OCCN4CCN(C(=O)OC(C)(C)C)CC4)ccc23)CN1C(=O)[C@@H](NC(=O)O[C@@H]1C[C@@H]2C[C@@H]2C1)C(C)(C)C)C(=O)OC. The second kappa shape index (κ2) is 20.6. The quantitative estimate of drug-likeness (QED) is 0.0734. The van der Waals surface area contributed by atoms with E-state index in [0.717, 1.165) is 19.3 Å². The van der Waals surface area contributed by atoms with Crippen molar-refractivity contribution in [1.29, 1.82) is 0 Å². The number of nitrogens with one attached hydrogen (secondary N) is 3. The number of thiazole rings is 1. The zero-order valence-electron chi connectivity index (χ0n) is 42.3. The van der Waals surface area contributed by atoms with Crippen LogP contribution in [0.5, 0.6) is 11.5 Å². The summed E-state index contributed by atoms with van der Waals surface area (Å²) in [5, 5.41) is 12.5. The van der Waals surface area contributed by atoms with Crippen LogP contribution in [0.1, 0.15) is 87.5 Å². The van der Waals surface area contributed by atoms with E-state index < -0.39 is 58.6 Å². The molecular weight excluding hydrogens is 952 g/mol. The largest absolute Gasteiger partial charge is 0.491 e. The third-order valence-electron chi connectivity index (χ3n) is 13.9. The summed E-state index contributed by atoms with van der Waals surface area (Å²) in [6, 6.07) is 3.31. The van der Waals surface area contributed by atoms with Gasteiger partial charge in [0.05, 0.1) is 24.9 Å². The summed E-state index contributed by atoms with van der Waals surface area (Å²) in [7, 11) is 1.26. The minimum absolute atomic E-state index is 0.0401. The average Bonchev–Trinajstić information content (AvgIpc) is 3.97. The van der Waals surface area contributed by atoms with Gasteiger partial charge in [0.2, 0.25) is 11.8 Å². The molecule has 2 aromatic heterocycles. The summed E-state index contributed by atoms with van der Waals surface area (Å²) in [4.78, 5) is 83.9. The number of halogens is 1. The molecule has 386 valence electrons. The van der Waals surface area contributed by atoms with E-state index in [-0.39, 0.29) is 42.1 Å². The first-order chi connectivity index (χ1) is 33.5. The molecule has 4 heterocycles. The van der Waals surface area contributed by atoms with Gasteiger partial charge in [-0.05, 0) is 89.7 Å². The molecule has 1 aromatic carbocycles. The van der Waals surface area contributed by atoms with Gasteiger partial charge in [0.1, 0.15) is 64.3 Å². The van der Waals surface area contributed by atoms with Gasteiger partial charge >= 0.3 is 18.2 Å². The molecular formula is C51H69ClN8O10S. The highest BCUT2D eigenvalue weighted by Gasteiger charge is 2.62. The van der Waals surface area contributed by atoms with Crippen LogP contribution in [0, 0.1) is 23.2 Å². The number of pyridine rings is 1. The summed E-state index contributed by atoms with van der Waals surface area (Å²) < 4.78 is 29.7. The Morgan fingerprint density at radius 3 is 2.31 bits per heavy atom. The molecule has 0 radical (unpaired) electrons. The molecule has 3 N–H and O–H groups in total. The number of anilines is 1. The molecule has 3 aromatic rings. The van der Waals surface area contributed by atoms with Crippen LogP contribution in [0.25, 0.3) is 22.3 Å². The Balaban J connectivity index is 1.05. The minimum Gasteiger partial charge on any atom is -0.491 e. The van der Waals surface area contributed by atoms with Crippen LogP contribution in [0.3, 0.4) is 0 Å². The second-order valence-corrected chi connectivity index (χ2v) is 23.2. The van der Waals surface area contributed by atoms with Gasteiger partial charge in [0, 0.05) is 67.9 Å². The van der Waals surface area contributed by atoms with Crippen molar-refractivity contribution in [1.82, 2.24) is 35.3 Å². The number of fused-ring (bicyclic) bond motifs is 2. The number of benzene rings is 1. The van der Waals surface area contributed by atoms with Gasteiger partial charge in [-0.2, -0.15) is 0 Å². The molecule has 3 saturated carbocycles. The van der Waals surface area contributed by atoms with Crippen molar-refractivity contribution >= 4 is 68.9 Å². The van der Waals surface area contributed by atoms with Gasteiger partial charge in [-0.25, -0.2) is 24.4 Å². The van der Waals surface area contributed by atoms with Gasteiger partial charge in [-0.1, -0.05) is 38.4 Å². The fourth-order valence-corrected chi connectivity index (χ4v) is 11.0. The number of hydrogen-bond donors (Lipinski definition) is 3. The van der Waals surface area contributed by atoms with Crippen molar-refractivity contribution in [3.63, 3.8) is 0 Å². The van der Waals surface area contributed by atoms with Crippen LogP contribution < -0.4 is 25.4 Å². The Hall–Kier alpha value is -5.40. The maximum Gasteiger partial charge on any atom is 0.410 e. The summed E-state index contributed by atoms with van der Waals surface area (Å²) >= 11 is 8.62. The van der Waals surface area contributed by atoms with E-state index in [4.69, 9.17) is 45.3 Å². The van der Waals surface area contributed by atoms with Crippen LogP contribution in [-0.4, -0.2) is 149 Å². The molecule has 1 unspecified atom stereocenters. The summed E-state index contributed by atoms with van der Waals surface area (Å²) in [6.45, 7) is 22.3. The zero-order valence-corrected chi connectivity index (χ0v) is 43.9. The van der Waals surface area contributed by atoms with Gasteiger partial charge < -0.3 is 49.4 Å². The number of amides is 4. The van der Waals surface area contributed by atoms with Crippen molar-refractivity contribution in [2.75, 3.05) is 58.3 Å². The van der Waals surface area contributed by atoms with E-state index in [1.807, 2.05) is 66.8 Å². The highest BCUT2D eigenvalue weighted by Crippen LogP contribution is 2.52. The predicted molar refractivity (Wildman–Crippen MR) is 270 cm³/mol. The lowest BCUT2D eigenvalue weighted by Gasteiger charge is -2.35. The number of likely N-dealkylation sites (tertiary alicyclic amines) is 1. The van der Waals surface area contributed by atoms with Gasteiger partial charge in [-0.3, -0.25) is 14.5 Å². The first-order valence-electron chi connectivity index (χ1n) is 24.7. The number of carbonyl (C=O) groups excluding carboxylic acids is 5. The van der Waals surface area contributed by atoms with Crippen molar-refractivity contribution in [3.8, 4) is 22.9 Å². The molecule has 20 heteroatoms. The monoisotopic (exact) mass is 1020 g/mol. The third kappa shape index (κ3) is 11.9. The van der Waals surface area contributed by atoms with E-state index in [1.165, 1.54) is 23.3 Å². The number of carbonyl (C=O) groups is 5. The molecule has 71 heavy (non-hydrogen) atoms. The van der Waals surface area contributed by atoms with Crippen molar-refractivity contribution in [3.05, 3.63) is 41.3 Å². The van der Waals surface area contributed by atoms with E-state index in [1.54, 1.807) is 23.1 Å². The Morgan fingerprint density at radius 2 is 1.68 bits per heavy atom. The molecule has 8 rings (SSSR count). The molecule has 5 fully saturated rings. The molecule has 4 amide bonds. The number of rotatable bonds is 16. The lowest BCUT2D eigenvalue weighted by Crippen LogP contribution is -2.59. The number of esters is 1. The molecule has 3 aliphatic carbocycles. The van der Waals surface area contributed by atoms with E-state index in [9.17, 15) is 24.0 Å². The maximum atomic E-state index is 14.9. The zero-order chi connectivity index (χ0) is 51.2. The number of aromatic nitrogens is 2. The standard InChI is InChI=1S/C51H69ClN8O10S/c1-11-31-25-51(31,45(63)66-10)57-43(61)37-23-33(26-60(37)44(62)42(49(4,5)6)56-47(64)69-32-21-29-20-30(29)22-32)68-39-24-35(36-27-71-46(55-36)53-28(2)3)54-41-34(39)12-13-38(40(41)52)67-19-18-58-14-16-59(17-15-58)48(65)70-50(7,8)9/h11-13,24,27-33,37,42H,1,14-23,25-26H2,2-10H3,(H,53,55)(H,56,64)(H,57,61)/t29-,30+,31-,32+,33-,37+,42-,51?/m1/s1. The summed E-state index contributed by atoms with van der Waals surface area (Å²) in [6.07, 6.45) is 2.77. The lowest BCUT2D eigenvalue weighted by molar-refractivity contribution is -0.148. The van der Waals surface area contributed by atoms with Crippen molar-refractivity contribution < 1.29 is 47.7 Å². The molecule has 8 atom stereocenters. The van der Waals surface area contributed by atoms with Crippen LogP contribution in [0.15, 0.2) is 36.2 Å². The van der Waals surface area contributed by atoms with Crippen molar-refractivity contribution in [2.24, 2.45) is 23.2 Å². The lowest BCUT2D eigenvalue weighted by atomic mass is 9.85. The van der Waals surface area contributed by atoms with Crippen LogP contribution in [0.2, 0.25) is 5.02 Å². The van der Waals surface area contributed by atoms with E-state index in [0.29, 0.717) is 96.5 Å². The third-order valence-corrected chi connectivity index (χ3v) is 15.0. The number of piperazine rings is 1. The van der Waals surface area contributed by atoms with Gasteiger partial charge in [0.15, 0.2) is 5.13 Å². The van der Waals surface area contributed by atoms with Gasteiger partial charge in [0.25, 0.3) is 0 Å². The fourth-order valence-electron chi connectivity index (χ4n) is 9.93. The van der Waals surface area contributed by atoms with Crippen LogP contribution in [0.4, 0.5) is 14.7 Å². The maximum absolute atomic E-state index is 14.9. The van der Waals surface area contributed by atoms with Crippen molar-refractivity contribution in [2.45, 2.75) is 129 Å². The number of nitrogens with zero attached hydrogens (tertiary/aromatic N) is 5. The second-order valence-electron chi connectivity index (χ2n) is 22.0. The van der Waals surface area contributed by atoms with E-state index in [2.05, 4.69) is 27.4 Å². The van der Waals surface area contributed by atoms with Crippen LogP contribution >= 0.6 is 22.9 Å². The number of alkyl carbamates (subject to hydrolysis) is 1. The normalized spacial score (nSPS) is 25.5. The molecule has 0 spiro atoms. The molecule has 5 aliphatic rings.